The van der Waals surface area contributed by atoms with Gasteiger partial charge in [-0.3, -0.25) is 14.5 Å². The highest BCUT2D eigenvalue weighted by atomic mass is 79.9. The molecule has 0 aliphatic carbocycles. The van der Waals surface area contributed by atoms with Crippen molar-refractivity contribution in [2.24, 2.45) is 0 Å². The van der Waals surface area contributed by atoms with Crippen LogP contribution in [0.1, 0.15) is 56.6 Å². The number of anilines is 1. The van der Waals surface area contributed by atoms with Crippen LogP contribution in [0.15, 0.2) is 59.3 Å². The van der Waals surface area contributed by atoms with E-state index in [-0.39, 0.29) is 39.3 Å². The summed E-state index contributed by atoms with van der Waals surface area (Å²) in [6, 6.07) is 12.2. The second-order valence-electron chi connectivity index (χ2n) is 12.8. The van der Waals surface area contributed by atoms with Gasteiger partial charge in [0.15, 0.2) is 5.82 Å². The van der Waals surface area contributed by atoms with E-state index in [2.05, 4.69) is 60.8 Å². The maximum atomic E-state index is 14.3. The minimum Gasteiger partial charge on any atom is -0.396 e. The number of imidazole rings is 1. The molecule has 2 aromatic carbocycles. The summed E-state index contributed by atoms with van der Waals surface area (Å²) in [5, 5.41) is 8.29. The summed E-state index contributed by atoms with van der Waals surface area (Å²) in [6.45, 7) is 8.51. The zero-order valence-electron chi connectivity index (χ0n) is 27.2. The lowest BCUT2D eigenvalue weighted by Crippen LogP contribution is -2.48. The van der Waals surface area contributed by atoms with Crippen molar-refractivity contribution < 1.29 is 18.4 Å². The Kier molecular flexibility index (Phi) is 8.92. The van der Waals surface area contributed by atoms with Gasteiger partial charge in [0.25, 0.3) is 11.8 Å². The molecule has 0 atom stereocenters. The van der Waals surface area contributed by atoms with Crippen LogP contribution in [0, 0.1) is 25.5 Å². The van der Waals surface area contributed by atoms with Gasteiger partial charge >= 0.3 is 0 Å². The number of aromatic nitrogens is 5. The zero-order valence-corrected chi connectivity index (χ0v) is 28.8. The van der Waals surface area contributed by atoms with Crippen molar-refractivity contribution in [2.45, 2.75) is 39.3 Å². The molecule has 14 heteroatoms. The summed E-state index contributed by atoms with van der Waals surface area (Å²) in [5.74, 6) is -1.88. The molecular weight excluding hydrogens is 696 g/mol. The van der Waals surface area contributed by atoms with Crippen molar-refractivity contribution in [3.63, 3.8) is 0 Å². The van der Waals surface area contributed by atoms with Gasteiger partial charge in [0.1, 0.15) is 17.2 Å². The number of carbonyl (C=O) groups is 2. The van der Waals surface area contributed by atoms with Gasteiger partial charge in [-0.1, -0.05) is 11.3 Å². The fraction of sp³-hybridized carbons (Fsp3) is 0.343. The maximum Gasteiger partial charge on any atom is 0.253 e. The summed E-state index contributed by atoms with van der Waals surface area (Å²) in [4.78, 5) is 37.7. The molecule has 0 unspecified atom stereocenters. The highest BCUT2D eigenvalue weighted by molar-refractivity contribution is 9.10. The molecule has 11 nitrogen and oxygen atoms in total. The number of piperazine rings is 1. The number of pyridine rings is 1. The van der Waals surface area contributed by atoms with Gasteiger partial charge in [-0.15, -0.1) is 5.10 Å². The van der Waals surface area contributed by atoms with Crippen LogP contribution in [-0.2, 0) is 6.54 Å². The third kappa shape index (κ3) is 6.42. The third-order valence-corrected chi connectivity index (χ3v) is 10.3. The van der Waals surface area contributed by atoms with Gasteiger partial charge < -0.3 is 19.9 Å². The fourth-order valence-electron chi connectivity index (χ4n) is 6.71. The number of nitrogens with zero attached hydrogens (tertiary/aromatic N) is 8. The average molecular weight is 733 g/mol. The smallest absolute Gasteiger partial charge is 0.253 e. The summed E-state index contributed by atoms with van der Waals surface area (Å²) in [7, 11) is 0. The first kappa shape index (κ1) is 32.8. The Labute approximate surface area is 290 Å². The van der Waals surface area contributed by atoms with Gasteiger partial charge in [-0.2, -0.15) is 0 Å². The van der Waals surface area contributed by atoms with Crippen LogP contribution in [0.3, 0.4) is 0 Å². The Morgan fingerprint density at radius 2 is 1.61 bits per heavy atom. The summed E-state index contributed by atoms with van der Waals surface area (Å²) in [5.41, 5.74) is 11.3. The molecule has 2 aliphatic heterocycles. The lowest BCUT2D eigenvalue weighted by Gasteiger charge is -2.35. The number of piperidine rings is 1. The van der Waals surface area contributed by atoms with E-state index in [1.165, 1.54) is 5.56 Å². The number of hydrogen-bond acceptors (Lipinski definition) is 7. The number of nitrogen functional groups attached to an aromatic ring is 1. The molecule has 2 saturated heterocycles. The third-order valence-electron chi connectivity index (χ3n) is 9.58. The van der Waals surface area contributed by atoms with Crippen LogP contribution in [0.2, 0.25) is 0 Å². The summed E-state index contributed by atoms with van der Waals surface area (Å²) in [6.07, 6.45) is 4.92. The van der Waals surface area contributed by atoms with Crippen LogP contribution < -0.4 is 5.73 Å². The summed E-state index contributed by atoms with van der Waals surface area (Å²) >= 11 is 2.86. The van der Waals surface area contributed by atoms with E-state index >= 15 is 0 Å². The van der Waals surface area contributed by atoms with Gasteiger partial charge in [0.05, 0.1) is 33.8 Å². The highest BCUT2D eigenvalue weighted by Crippen LogP contribution is 2.34. The van der Waals surface area contributed by atoms with E-state index in [0.717, 1.165) is 42.7 Å². The Morgan fingerprint density at radius 1 is 0.939 bits per heavy atom. The first-order valence-corrected chi connectivity index (χ1v) is 17.1. The second-order valence-corrected chi connectivity index (χ2v) is 13.6. The normalized spacial score (nSPS) is 16.1. The molecule has 49 heavy (non-hydrogen) atoms. The number of carbonyl (C=O) groups excluding carboxylic acids is 2. The molecule has 5 aromatic rings. The minimum atomic E-state index is -0.884. The lowest BCUT2D eigenvalue weighted by molar-refractivity contribution is 0.0626. The molecule has 254 valence electrons. The molecule has 5 heterocycles. The van der Waals surface area contributed by atoms with Gasteiger partial charge in [0, 0.05) is 68.7 Å². The fourth-order valence-corrected chi connectivity index (χ4v) is 7.04. The molecule has 0 radical (unpaired) electrons. The molecule has 0 saturated carbocycles. The van der Waals surface area contributed by atoms with Gasteiger partial charge in [0.2, 0.25) is 0 Å². The maximum absolute atomic E-state index is 14.3. The number of rotatable bonds is 6. The SMILES string of the molecule is Cc1ccn2c(CN3CCN(C(=O)c4cccc(C(=O)N5CCC(n6cc(-c7cc(F)c(Br)c(F)c7N)nn6)CC5)c4)CC3)c(C)nc2c1. The van der Waals surface area contributed by atoms with Crippen LogP contribution >= 0.6 is 15.9 Å². The standard InChI is InChI=1S/C35H36BrF2N9O2/c1-21-6-11-46-29(22(2)40-30(46)16-21)20-43-12-14-45(15-13-43)35(49)24-5-3-4-23(17-24)34(48)44-9-7-25(8-10-44)47-19-28(41-42-47)26-18-27(37)31(36)32(38)33(26)39/h3-6,11,16-19,25H,7-10,12-15,20,39H2,1-2H3. The van der Waals surface area contributed by atoms with Crippen molar-refractivity contribution in [2.75, 3.05) is 45.0 Å². The Hall–Kier alpha value is -4.69. The molecule has 3 aromatic heterocycles. The zero-order chi connectivity index (χ0) is 34.4. The van der Waals surface area contributed by atoms with Crippen molar-refractivity contribution in [1.29, 1.82) is 0 Å². The largest absolute Gasteiger partial charge is 0.396 e. The average Bonchev–Trinajstić information content (AvgIpc) is 3.73. The molecule has 0 bridgehead atoms. The molecule has 0 spiro atoms. The highest BCUT2D eigenvalue weighted by Gasteiger charge is 2.28. The molecule has 2 N–H and O–H groups in total. The minimum absolute atomic E-state index is 0.0518. The van der Waals surface area contributed by atoms with Gasteiger partial charge in [-0.25, -0.2) is 18.4 Å². The Bertz CT molecular complexity index is 2060. The number of likely N-dealkylation sites (tertiary alicyclic amines) is 1. The molecule has 2 amide bonds. The van der Waals surface area contributed by atoms with Gasteiger partial charge in [-0.05, 0) is 84.6 Å². The van der Waals surface area contributed by atoms with E-state index in [4.69, 9.17) is 10.7 Å². The first-order chi connectivity index (χ1) is 23.6. The number of halogens is 3. The van der Waals surface area contributed by atoms with Crippen LogP contribution in [0.4, 0.5) is 14.5 Å². The van der Waals surface area contributed by atoms with E-state index in [1.54, 1.807) is 40.0 Å². The second kappa shape index (κ2) is 13.3. The van der Waals surface area contributed by atoms with Crippen LogP contribution in [0.25, 0.3) is 16.9 Å². The van der Waals surface area contributed by atoms with Crippen LogP contribution in [0.5, 0.6) is 0 Å². The lowest BCUT2D eigenvalue weighted by atomic mass is 10.0. The quantitative estimate of drug-likeness (QED) is 0.187. The number of benzene rings is 2. The van der Waals surface area contributed by atoms with E-state index in [9.17, 15) is 18.4 Å². The number of amides is 2. The topological polar surface area (TPSA) is 118 Å². The summed E-state index contributed by atoms with van der Waals surface area (Å²) < 4.78 is 32.0. The number of hydrogen-bond donors (Lipinski definition) is 1. The molecule has 2 aliphatic rings. The molecule has 7 rings (SSSR count). The van der Waals surface area contributed by atoms with Crippen molar-refractivity contribution in [3.05, 3.63) is 99.0 Å². The number of fused-ring (bicyclic) bond motifs is 1. The van der Waals surface area contributed by atoms with E-state index in [1.807, 2.05) is 11.8 Å². The van der Waals surface area contributed by atoms with Crippen molar-refractivity contribution >= 4 is 39.1 Å². The number of nitrogens with two attached hydrogens (primary N) is 1. The monoisotopic (exact) mass is 731 g/mol. The predicted molar refractivity (Wildman–Crippen MR) is 184 cm³/mol. The van der Waals surface area contributed by atoms with Crippen molar-refractivity contribution in [1.82, 2.24) is 39.1 Å². The van der Waals surface area contributed by atoms with Crippen LogP contribution in [-0.4, -0.2) is 90.2 Å². The van der Waals surface area contributed by atoms with Crippen molar-refractivity contribution in [3.8, 4) is 11.3 Å². The number of aryl methyl sites for hydroxylation is 2. The van der Waals surface area contributed by atoms with E-state index in [0.29, 0.717) is 50.1 Å². The predicted octanol–water partition coefficient (Wildman–Crippen LogP) is 5.27. The Balaban J connectivity index is 0.943. The first-order valence-electron chi connectivity index (χ1n) is 16.3. The Morgan fingerprint density at radius 3 is 2.31 bits per heavy atom. The molecule has 2 fully saturated rings. The van der Waals surface area contributed by atoms with E-state index < -0.39 is 11.6 Å². The molecular formula is C35H36BrF2N9O2.